The molecule has 0 aliphatic heterocycles. The Kier molecular flexibility index (Phi) is 7.06. The van der Waals surface area contributed by atoms with E-state index in [-0.39, 0.29) is 5.91 Å². The number of hydrogen-bond donors (Lipinski definition) is 1. The Morgan fingerprint density at radius 3 is 2.35 bits per heavy atom. The van der Waals surface area contributed by atoms with Crippen LogP contribution in [0.5, 0.6) is 0 Å². The molecule has 0 bridgehead atoms. The van der Waals surface area contributed by atoms with Crippen LogP contribution in [-0.2, 0) is 16.4 Å². The van der Waals surface area contributed by atoms with E-state index < -0.39 is 10.0 Å². The summed E-state index contributed by atoms with van der Waals surface area (Å²) in [4.78, 5) is 12.2. The maximum atomic E-state index is 12.2. The standard InChI is InChI=1S/C19H23ClN2O3S/c1-3-22(26(2,24)25)17-12-10-16(11-13-17)19(23)21-14-6-8-15-7-4-5-9-18(15)20/h4-5,7,9-13H,3,6,8,14H2,1-2H3,(H,21,23). The first kappa shape index (κ1) is 20.3. The number of halogens is 1. The van der Waals surface area contributed by atoms with Gasteiger partial charge in [-0.05, 0) is 55.7 Å². The normalized spacial score (nSPS) is 11.2. The summed E-state index contributed by atoms with van der Waals surface area (Å²) < 4.78 is 24.8. The molecule has 1 N–H and O–H groups in total. The van der Waals surface area contributed by atoms with Crippen LogP contribution in [0.15, 0.2) is 48.5 Å². The predicted octanol–water partition coefficient (Wildman–Crippen LogP) is 3.49. The summed E-state index contributed by atoms with van der Waals surface area (Å²) in [5.41, 5.74) is 2.11. The Bertz CT molecular complexity index is 851. The van der Waals surface area contributed by atoms with Gasteiger partial charge in [0.25, 0.3) is 5.91 Å². The van der Waals surface area contributed by atoms with Gasteiger partial charge >= 0.3 is 0 Å². The summed E-state index contributed by atoms with van der Waals surface area (Å²) in [6.45, 7) is 2.64. The highest BCUT2D eigenvalue weighted by atomic mass is 35.5. The monoisotopic (exact) mass is 394 g/mol. The average Bonchev–Trinajstić information content (AvgIpc) is 2.60. The van der Waals surface area contributed by atoms with E-state index in [1.54, 1.807) is 31.2 Å². The molecule has 0 aliphatic carbocycles. The molecular weight excluding hydrogens is 372 g/mol. The molecule has 5 nitrogen and oxygen atoms in total. The quantitative estimate of drug-likeness (QED) is 0.697. The summed E-state index contributed by atoms with van der Waals surface area (Å²) in [5, 5.41) is 3.60. The zero-order chi connectivity index (χ0) is 19.2. The van der Waals surface area contributed by atoms with Gasteiger partial charge in [0.1, 0.15) is 0 Å². The van der Waals surface area contributed by atoms with Gasteiger partial charge < -0.3 is 5.32 Å². The van der Waals surface area contributed by atoms with E-state index in [0.717, 1.165) is 29.7 Å². The van der Waals surface area contributed by atoms with Crippen molar-refractivity contribution in [3.63, 3.8) is 0 Å². The first-order chi connectivity index (χ1) is 12.3. The molecule has 0 unspecified atom stereocenters. The van der Waals surface area contributed by atoms with Crippen LogP contribution in [0.1, 0.15) is 29.3 Å². The molecule has 1 amide bonds. The summed E-state index contributed by atoms with van der Waals surface area (Å²) in [6.07, 6.45) is 2.74. The molecule has 0 aromatic heterocycles. The lowest BCUT2D eigenvalue weighted by Gasteiger charge is -2.20. The number of sulfonamides is 1. The van der Waals surface area contributed by atoms with E-state index in [1.807, 2.05) is 24.3 Å². The molecule has 0 radical (unpaired) electrons. The van der Waals surface area contributed by atoms with Crippen molar-refractivity contribution in [2.45, 2.75) is 19.8 Å². The van der Waals surface area contributed by atoms with Crippen LogP contribution in [0.4, 0.5) is 5.69 Å². The number of rotatable bonds is 8. The molecule has 7 heteroatoms. The number of carbonyl (C=O) groups is 1. The van der Waals surface area contributed by atoms with Gasteiger partial charge in [0, 0.05) is 23.7 Å². The summed E-state index contributed by atoms with van der Waals surface area (Å²) in [6, 6.07) is 14.2. The third-order valence-electron chi connectivity index (χ3n) is 3.97. The maximum absolute atomic E-state index is 12.2. The Morgan fingerprint density at radius 1 is 1.12 bits per heavy atom. The molecule has 0 spiro atoms. The molecule has 2 aromatic rings. The number of nitrogens with zero attached hydrogens (tertiary/aromatic N) is 1. The van der Waals surface area contributed by atoms with Crippen LogP contribution in [0.2, 0.25) is 5.02 Å². The summed E-state index contributed by atoms with van der Waals surface area (Å²) in [5.74, 6) is -0.182. The van der Waals surface area contributed by atoms with Crippen LogP contribution < -0.4 is 9.62 Å². The van der Waals surface area contributed by atoms with Crippen LogP contribution in [0.3, 0.4) is 0 Å². The topological polar surface area (TPSA) is 66.5 Å². The van der Waals surface area contributed by atoms with Gasteiger partial charge in [0.15, 0.2) is 0 Å². The van der Waals surface area contributed by atoms with E-state index in [0.29, 0.717) is 24.3 Å². The van der Waals surface area contributed by atoms with Crippen LogP contribution >= 0.6 is 11.6 Å². The molecule has 140 valence electrons. The van der Waals surface area contributed by atoms with Crippen molar-refractivity contribution in [2.75, 3.05) is 23.7 Å². The van der Waals surface area contributed by atoms with Crippen molar-refractivity contribution >= 4 is 33.2 Å². The highest BCUT2D eigenvalue weighted by Crippen LogP contribution is 2.18. The third kappa shape index (κ3) is 5.47. The Morgan fingerprint density at radius 2 is 1.77 bits per heavy atom. The zero-order valence-electron chi connectivity index (χ0n) is 14.9. The lowest BCUT2D eigenvalue weighted by Crippen LogP contribution is -2.29. The fraction of sp³-hybridized carbons (Fsp3) is 0.316. The highest BCUT2D eigenvalue weighted by Gasteiger charge is 2.15. The molecule has 0 fully saturated rings. The predicted molar refractivity (Wildman–Crippen MR) is 106 cm³/mol. The average molecular weight is 395 g/mol. The number of hydrogen-bond acceptors (Lipinski definition) is 3. The molecule has 0 heterocycles. The lowest BCUT2D eigenvalue weighted by atomic mass is 10.1. The van der Waals surface area contributed by atoms with Crippen molar-refractivity contribution in [1.82, 2.24) is 5.32 Å². The summed E-state index contributed by atoms with van der Waals surface area (Å²) in [7, 11) is -3.33. The van der Waals surface area contributed by atoms with E-state index in [9.17, 15) is 13.2 Å². The number of benzene rings is 2. The minimum atomic E-state index is -3.33. The molecule has 0 saturated heterocycles. The molecule has 26 heavy (non-hydrogen) atoms. The van der Waals surface area contributed by atoms with Gasteiger partial charge in [-0.1, -0.05) is 29.8 Å². The van der Waals surface area contributed by atoms with Crippen LogP contribution in [0, 0.1) is 0 Å². The molecule has 0 aliphatic rings. The van der Waals surface area contributed by atoms with E-state index in [4.69, 9.17) is 11.6 Å². The van der Waals surface area contributed by atoms with E-state index >= 15 is 0 Å². The minimum absolute atomic E-state index is 0.182. The maximum Gasteiger partial charge on any atom is 0.251 e. The Balaban J connectivity index is 1.89. The number of nitrogens with one attached hydrogen (secondary N) is 1. The number of anilines is 1. The van der Waals surface area contributed by atoms with Crippen LogP contribution in [-0.4, -0.2) is 33.7 Å². The van der Waals surface area contributed by atoms with Gasteiger partial charge in [-0.3, -0.25) is 9.10 Å². The lowest BCUT2D eigenvalue weighted by molar-refractivity contribution is 0.0953. The van der Waals surface area contributed by atoms with E-state index in [1.165, 1.54) is 4.31 Å². The largest absolute Gasteiger partial charge is 0.352 e. The van der Waals surface area contributed by atoms with Crippen LogP contribution in [0.25, 0.3) is 0 Å². The minimum Gasteiger partial charge on any atom is -0.352 e. The van der Waals surface area contributed by atoms with Gasteiger partial charge in [-0.25, -0.2) is 8.42 Å². The number of amides is 1. The van der Waals surface area contributed by atoms with Crippen molar-refractivity contribution in [3.8, 4) is 0 Å². The highest BCUT2D eigenvalue weighted by molar-refractivity contribution is 7.92. The van der Waals surface area contributed by atoms with Crippen molar-refractivity contribution in [2.24, 2.45) is 0 Å². The first-order valence-electron chi connectivity index (χ1n) is 8.42. The van der Waals surface area contributed by atoms with Crippen molar-refractivity contribution < 1.29 is 13.2 Å². The second kappa shape index (κ2) is 9.05. The number of carbonyl (C=O) groups excluding carboxylic acids is 1. The van der Waals surface area contributed by atoms with Crippen molar-refractivity contribution in [1.29, 1.82) is 0 Å². The van der Waals surface area contributed by atoms with Gasteiger partial charge in [0.2, 0.25) is 10.0 Å². The smallest absolute Gasteiger partial charge is 0.251 e. The fourth-order valence-electron chi connectivity index (χ4n) is 2.67. The van der Waals surface area contributed by atoms with Gasteiger partial charge in [-0.15, -0.1) is 0 Å². The Labute approximate surface area is 160 Å². The number of aryl methyl sites for hydroxylation is 1. The third-order valence-corrected chi connectivity index (χ3v) is 5.61. The van der Waals surface area contributed by atoms with Gasteiger partial charge in [-0.2, -0.15) is 0 Å². The molecule has 2 rings (SSSR count). The van der Waals surface area contributed by atoms with E-state index in [2.05, 4.69) is 5.32 Å². The summed E-state index contributed by atoms with van der Waals surface area (Å²) >= 11 is 6.11. The fourth-order valence-corrected chi connectivity index (χ4v) is 3.88. The first-order valence-corrected chi connectivity index (χ1v) is 10.6. The SMILES string of the molecule is CCN(c1ccc(C(=O)NCCCc2ccccc2Cl)cc1)S(C)(=O)=O. The molecule has 2 aromatic carbocycles. The zero-order valence-corrected chi connectivity index (χ0v) is 16.5. The second-order valence-corrected chi connectivity index (χ2v) is 8.24. The second-order valence-electron chi connectivity index (χ2n) is 5.93. The molecule has 0 atom stereocenters. The van der Waals surface area contributed by atoms with Gasteiger partial charge in [0.05, 0.1) is 11.9 Å². The van der Waals surface area contributed by atoms with Crippen molar-refractivity contribution in [3.05, 3.63) is 64.7 Å². The molecular formula is C19H23ClN2O3S. The molecule has 0 saturated carbocycles. The Hall–Kier alpha value is -2.05.